The maximum atomic E-state index is 12.1. The number of hydrogen-bond acceptors (Lipinski definition) is 3. The molecular formula is C14H18BrNO2. The summed E-state index contributed by atoms with van der Waals surface area (Å²) in [6, 6.07) is 7.95. The second kappa shape index (κ2) is 4.67. The number of nitrogens with one attached hydrogen (secondary N) is 1. The van der Waals surface area contributed by atoms with Crippen LogP contribution in [0.5, 0.6) is 0 Å². The van der Waals surface area contributed by atoms with E-state index in [1.165, 1.54) is 0 Å². The van der Waals surface area contributed by atoms with Crippen LogP contribution in [-0.2, 0) is 15.1 Å². The van der Waals surface area contributed by atoms with Crippen LogP contribution in [0.4, 0.5) is 0 Å². The van der Waals surface area contributed by atoms with Gasteiger partial charge in [-0.15, -0.1) is 0 Å². The zero-order valence-electron chi connectivity index (χ0n) is 10.9. The van der Waals surface area contributed by atoms with Gasteiger partial charge in [-0.1, -0.05) is 28.1 Å². The molecule has 0 saturated carbocycles. The standard InChI is InChI=1S/C14H18BrNO2/c1-13(2,3)12(17)18-14(8-16-9-14)10-4-6-11(15)7-5-10/h4-7,16H,8-9H2,1-3H3. The second-order valence-corrected chi connectivity index (χ2v) is 6.66. The molecule has 0 atom stereocenters. The number of carbonyl (C=O) groups excluding carboxylic acids is 1. The number of ether oxygens (including phenoxy) is 1. The van der Waals surface area contributed by atoms with E-state index >= 15 is 0 Å². The Morgan fingerprint density at radius 1 is 1.28 bits per heavy atom. The number of benzene rings is 1. The van der Waals surface area contributed by atoms with Crippen LogP contribution in [0.3, 0.4) is 0 Å². The van der Waals surface area contributed by atoms with E-state index in [9.17, 15) is 4.79 Å². The first-order chi connectivity index (χ1) is 8.33. The van der Waals surface area contributed by atoms with Gasteiger partial charge in [-0.05, 0) is 38.5 Å². The Labute approximate surface area is 116 Å². The second-order valence-electron chi connectivity index (χ2n) is 5.74. The Balaban J connectivity index is 2.21. The first-order valence-electron chi connectivity index (χ1n) is 6.04. The highest BCUT2D eigenvalue weighted by atomic mass is 79.9. The summed E-state index contributed by atoms with van der Waals surface area (Å²) in [5.74, 6) is -0.160. The molecule has 0 aromatic heterocycles. The lowest BCUT2D eigenvalue weighted by molar-refractivity contribution is -0.177. The van der Waals surface area contributed by atoms with Crippen molar-refractivity contribution in [1.29, 1.82) is 0 Å². The van der Waals surface area contributed by atoms with Crippen molar-refractivity contribution >= 4 is 21.9 Å². The third-order valence-electron chi connectivity index (χ3n) is 3.09. The van der Waals surface area contributed by atoms with Gasteiger partial charge < -0.3 is 10.1 Å². The molecule has 1 saturated heterocycles. The maximum absolute atomic E-state index is 12.1. The molecule has 0 amide bonds. The minimum atomic E-state index is -0.495. The minimum absolute atomic E-state index is 0.160. The first kappa shape index (κ1) is 13.6. The van der Waals surface area contributed by atoms with Gasteiger partial charge in [0.05, 0.1) is 5.41 Å². The van der Waals surface area contributed by atoms with Crippen molar-refractivity contribution < 1.29 is 9.53 Å². The quantitative estimate of drug-likeness (QED) is 0.854. The predicted molar refractivity (Wildman–Crippen MR) is 74.2 cm³/mol. The Kier molecular flexibility index (Phi) is 3.52. The average molecular weight is 312 g/mol. The molecule has 2 rings (SSSR count). The van der Waals surface area contributed by atoms with E-state index in [-0.39, 0.29) is 5.97 Å². The lowest BCUT2D eigenvalue weighted by Gasteiger charge is -2.43. The molecule has 1 heterocycles. The number of esters is 1. The minimum Gasteiger partial charge on any atom is -0.451 e. The fourth-order valence-electron chi connectivity index (χ4n) is 1.77. The largest absolute Gasteiger partial charge is 0.451 e. The fraction of sp³-hybridized carbons (Fsp3) is 0.500. The summed E-state index contributed by atoms with van der Waals surface area (Å²) in [4.78, 5) is 12.1. The van der Waals surface area contributed by atoms with Crippen molar-refractivity contribution in [3.05, 3.63) is 34.3 Å². The molecule has 1 N–H and O–H groups in total. The zero-order valence-corrected chi connectivity index (χ0v) is 12.5. The highest BCUT2D eigenvalue weighted by Gasteiger charge is 2.44. The van der Waals surface area contributed by atoms with Crippen molar-refractivity contribution in [3.63, 3.8) is 0 Å². The van der Waals surface area contributed by atoms with Gasteiger partial charge in [0.1, 0.15) is 0 Å². The number of hydrogen-bond donors (Lipinski definition) is 1. The molecule has 4 heteroatoms. The average Bonchev–Trinajstić information content (AvgIpc) is 2.23. The van der Waals surface area contributed by atoms with Gasteiger partial charge in [0.25, 0.3) is 0 Å². The van der Waals surface area contributed by atoms with Gasteiger partial charge >= 0.3 is 5.97 Å². The predicted octanol–water partition coefficient (Wildman–Crippen LogP) is 2.84. The van der Waals surface area contributed by atoms with Gasteiger partial charge in [-0.2, -0.15) is 0 Å². The van der Waals surface area contributed by atoms with Crippen LogP contribution < -0.4 is 5.32 Å². The molecule has 0 aliphatic carbocycles. The molecule has 1 aromatic carbocycles. The first-order valence-corrected chi connectivity index (χ1v) is 6.83. The molecule has 0 bridgehead atoms. The molecule has 3 nitrogen and oxygen atoms in total. The van der Waals surface area contributed by atoms with Crippen LogP contribution in [0.25, 0.3) is 0 Å². The van der Waals surface area contributed by atoms with Crippen LogP contribution in [0, 0.1) is 5.41 Å². The SMILES string of the molecule is CC(C)(C)C(=O)OC1(c2ccc(Br)cc2)CNC1. The Morgan fingerprint density at radius 2 is 1.83 bits per heavy atom. The maximum Gasteiger partial charge on any atom is 0.312 e. The van der Waals surface area contributed by atoms with Crippen molar-refractivity contribution in [1.82, 2.24) is 5.32 Å². The lowest BCUT2D eigenvalue weighted by atomic mass is 9.87. The third-order valence-corrected chi connectivity index (χ3v) is 3.62. The summed E-state index contributed by atoms with van der Waals surface area (Å²) in [6.07, 6.45) is 0. The summed E-state index contributed by atoms with van der Waals surface area (Å²) in [5, 5.41) is 3.18. The van der Waals surface area contributed by atoms with E-state index < -0.39 is 11.0 Å². The van der Waals surface area contributed by atoms with Gasteiger partial charge in [0, 0.05) is 17.6 Å². The Morgan fingerprint density at radius 3 is 2.22 bits per heavy atom. The van der Waals surface area contributed by atoms with Crippen molar-refractivity contribution in [2.45, 2.75) is 26.4 Å². The van der Waals surface area contributed by atoms with Gasteiger partial charge in [-0.25, -0.2) is 0 Å². The monoisotopic (exact) mass is 311 g/mol. The zero-order chi connectivity index (χ0) is 13.4. The van der Waals surface area contributed by atoms with E-state index in [4.69, 9.17) is 4.74 Å². The summed E-state index contributed by atoms with van der Waals surface area (Å²) in [6.45, 7) is 6.97. The Bertz CT molecular complexity index is 444. The van der Waals surface area contributed by atoms with E-state index in [1.54, 1.807) is 0 Å². The van der Waals surface area contributed by atoms with Gasteiger partial charge in [-0.3, -0.25) is 4.79 Å². The van der Waals surface area contributed by atoms with Crippen molar-refractivity contribution in [2.75, 3.05) is 13.1 Å². The van der Waals surface area contributed by atoms with Crippen LogP contribution in [0.1, 0.15) is 26.3 Å². The summed E-state index contributed by atoms with van der Waals surface area (Å²) >= 11 is 3.41. The molecule has 1 aliphatic rings. The molecule has 0 unspecified atom stereocenters. The number of rotatable bonds is 2. The fourth-order valence-corrected chi connectivity index (χ4v) is 2.04. The smallest absolute Gasteiger partial charge is 0.312 e. The van der Waals surface area contributed by atoms with Crippen molar-refractivity contribution in [3.8, 4) is 0 Å². The summed E-state index contributed by atoms with van der Waals surface area (Å²) in [7, 11) is 0. The van der Waals surface area contributed by atoms with Gasteiger partial charge in [0.15, 0.2) is 5.60 Å². The molecule has 1 aliphatic heterocycles. The molecule has 1 aromatic rings. The summed E-state index contributed by atoms with van der Waals surface area (Å²) < 4.78 is 6.77. The van der Waals surface area contributed by atoms with Crippen molar-refractivity contribution in [2.24, 2.45) is 5.41 Å². The Hall–Kier alpha value is -0.870. The van der Waals surface area contributed by atoms with E-state index in [0.717, 1.165) is 10.0 Å². The molecule has 0 spiro atoms. The van der Waals surface area contributed by atoms with Crippen LogP contribution in [0.2, 0.25) is 0 Å². The molecule has 18 heavy (non-hydrogen) atoms. The summed E-state index contributed by atoms with van der Waals surface area (Å²) in [5.41, 5.74) is 0.0743. The lowest BCUT2D eigenvalue weighted by Crippen LogP contribution is -2.60. The van der Waals surface area contributed by atoms with Crippen LogP contribution in [-0.4, -0.2) is 19.1 Å². The van der Waals surface area contributed by atoms with E-state index in [2.05, 4.69) is 21.2 Å². The molecule has 0 radical (unpaired) electrons. The third kappa shape index (κ3) is 2.59. The number of carbonyl (C=O) groups is 1. The molecular weight excluding hydrogens is 294 g/mol. The highest BCUT2D eigenvalue weighted by molar-refractivity contribution is 9.10. The molecule has 98 valence electrons. The van der Waals surface area contributed by atoms with E-state index in [0.29, 0.717) is 13.1 Å². The van der Waals surface area contributed by atoms with Gasteiger partial charge in [0.2, 0.25) is 0 Å². The van der Waals surface area contributed by atoms with Crippen LogP contribution >= 0.6 is 15.9 Å². The van der Waals surface area contributed by atoms with Crippen LogP contribution in [0.15, 0.2) is 28.7 Å². The van der Waals surface area contributed by atoms with E-state index in [1.807, 2.05) is 45.0 Å². The topological polar surface area (TPSA) is 38.3 Å². The molecule has 1 fully saturated rings. The number of halogens is 1. The normalized spacial score (nSPS) is 18.0. The highest BCUT2D eigenvalue weighted by Crippen LogP contribution is 2.33.